The van der Waals surface area contributed by atoms with Crippen molar-refractivity contribution in [2.75, 3.05) is 26.2 Å². The Morgan fingerprint density at radius 1 is 1.09 bits per heavy atom. The van der Waals surface area contributed by atoms with Gasteiger partial charge in [0.05, 0.1) is 0 Å². The molecule has 3 aliphatic rings. The van der Waals surface area contributed by atoms with Gasteiger partial charge in [-0.3, -0.25) is 9.69 Å². The van der Waals surface area contributed by atoms with Crippen LogP contribution in [0.1, 0.15) is 78.1 Å². The average molecular weight is 321 g/mol. The Labute approximate surface area is 142 Å². The first-order chi connectivity index (χ1) is 11.1. The summed E-state index contributed by atoms with van der Waals surface area (Å²) in [5.41, 5.74) is 0.365. The Kier molecular flexibility index (Phi) is 5.47. The smallest absolute Gasteiger partial charge is 0.139 e. The minimum atomic E-state index is 0.0386. The number of hydrogen-bond acceptors (Lipinski definition) is 3. The molecule has 1 N–H and O–H groups in total. The van der Waals surface area contributed by atoms with Crippen LogP contribution in [0, 0.1) is 10.8 Å². The molecule has 0 aromatic carbocycles. The number of rotatable bonds is 5. The van der Waals surface area contributed by atoms with Crippen LogP contribution in [0.3, 0.4) is 0 Å². The van der Waals surface area contributed by atoms with Crippen LogP contribution in [-0.4, -0.2) is 42.9 Å². The van der Waals surface area contributed by atoms with E-state index in [9.17, 15) is 4.79 Å². The Bertz CT molecular complexity index is 410. The molecular formula is C20H36N2O. The molecule has 23 heavy (non-hydrogen) atoms. The van der Waals surface area contributed by atoms with Crippen LogP contribution in [-0.2, 0) is 4.79 Å². The summed E-state index contributed by atoms with van der Waals surface area (Å²) < 4.78 is 0. The molecule has 1 atom stereocenters. The number of carbonyl (C=O) groups excluding carboxylic acids is 1. The van der Waals surface area contributed by atoms with Crippen LogP contribution in [0.2, 0.25) is 0 Å². The van der Waals surface area contributed by atoms with Crippen LogP contribution in [0.15, 0.2) is 0 Å². The van der Waals surface area contributed by atoms with E-state index in [0.717, 1.165) is 44.6 Å². The van der Waals surface area contributed by atoms with E-state index in [1.54, 1.807) is 0 Å². The van der Waals surface area contributed by atoms with E-state index in [0.29, 0.717) is 11.2 Å². The van der Waals surface area contributed by atoms with Crippen molar-refractivity contribution in [1.29, 1.82) is 0 Å². The maximum absolute atomic E-state index is 13.1. The molecule has 132 valence electrons. The number of piperidine rings is 1. The number of ketones is 1. The van der Waals surface area contributed by atoms with Crippen LogP contribution < -0.4 is 5.32 Å². The lowest BCUT2D eigenvalue weighted by Gasteiger charge is -2.44. The molecule has 1 saturated carbocycles. The third kappa shape index (κ3) is 3.51. The molecule has 3 heteroatoms. The third-order valence-electron chi connectivity index (χ3n) is 7.01. The molecule has 3 fully saturated rings. The molecule has 1 spiro atoms. The number of likely N-dealkylation sites (tertiary alicyclic amines) is 1. The van der Waals surface area contributed by atoms with Gasteiger partial charge in [0.25, 0.3) is 0 Å². The number of nitrogens with zero attached hydrogens (tertiary/aromatic N) is 1. The number of hydrogen-bond donors (Lipinski definition) is 1. The topological polar surface area (TPSA) is 32.3 Å². The maximum atomic E-state index is 13.1. The van der Waals surface area contributed by atoms with Gasteiger partial charge in [0.1, 0.15) is 5.78 Å². The van der Waals surface area contributed by atoms with Gasteiger partial charge in [0.2, 0.25) is 0 Å². The van der Waals surface area contributed by atoms with Crippen molar-refractivity contribution in [3.63, 3.8) is 0 Å². The lowest BCUT2D eigenvalue weighted by Crippen LogP contribution is -2.46. The van der Waals surface area contributed by atoms with E-state index in [1.165, 1.54) is 51.9 Å². The zero-order valence-corrected chi connectivity index (χ0v) is 15.3. The standard InChI is InChI=1S/C20H36N2O/c1-3-7-20(8-4-2)10-9-19(15-18(20)23)11-14-22(16-19)17-5-12-21-13-6-17/h17,21H,3-16H2,1-2H3. The van der Waals surface area contributed by atoms with Gasteiger partial charge in [0.15, 0.2) is 0 Å². The fourth-order valence-electron chi connectivity index (χ4n) is 5.67. The van der Waals surface area contributed by atoms with Crippen molar-refractivity contribution < 1.29 is 4.79 Å². The van der Waals surface area contributed by atoms with Gasteiger partial charge < -0.3 is 5.32 Å². The highest BCUT2D eigenvalue weighted by atomic mass is 16.1. The Morgan fingerprint density at radius 2 is 1.78 bits per heavy atom. The van der Waals surface area contributed by atoms with E-state index >= 15 is 0 Å². The Morgan fingerprint density at radius 3 is 2.39 bits per heavy atom. The summed E-state index contributed by atoms with van der Waals surface area (Å²) in [6.07, 6.45) is 11.7. The summed E-state index contributed by atoms with van der Waals surface area (Å²) in [5, 5.41) is 3.47. The fourth-order valence-corrected chi connectivity index (χ4v) is 5.67. The molecule has 3 rings (SSSR count). The largest absolute Gasteiger partial charge is 0.317 e. The molecule has 3 nitrogen and oxygen atoms in total. The van der Waals surface area contributed by atoms with E-state index in [-0.39, 0.29) is 5.41 Å². The van der Waals surface area contributed by atoms with Gasteiger partial charge in [-0.1, -0.05) is 26.7 Å². The average Bonchev–Trinajstić information content (AvgIpc) is 2.97. The maximum Gasteiger partial charge on any atom is 0.139 e. The van der Waals surface area contributed by atoms with Crippen LogP contribution in [0.5, 0.6) is 0 Å². The van der Waals surface area contributed by atoms with Gasteiger partial charge in [-0.25, -0.2) is 0 Å². The number of carbonyl (C=O) groups is 1. The lowest BCUT2D eigenvalue weighted by atomic mass is 9.59. The van der Waals surface area contributed by atoms with Crippen molar-refractivity contribution >= 4 is 5.78 Å². The predicted molar refractivity (Wildman–Crippen MR) is 95.6 cm³/mol. The minimum absolute atomic E-state index is 0.0386. The second kappa shape index (κ2) is 7.23. The molecule has 2 heterocycles. The summed E-state index contributed by atoms with van der Waals surface area (Å²) in [6, 6.07) is 0.767. The third-order valence-corrected chi connectivity index (χ3v) is 7.01. The minimum Gasteiger partial charge on any atom is -0.317 e. The van der Waals surface area contributed by atoms with Crippen LogP contribution in [0.4, 0.5) is 0 Å². The molecule has 0 aromatic rings. The predicted octanol–water partition coefficient (Wildman–Crippen LogP) is 3.77. The summed E-state index contributed by atoms with van der Waals surface area (Å²) in [7, 11) is 0. The molecule has 1 aliphatic carbocycles. The molecule has 0 amide bonds. The van der Waals surface area contributed by atoms with E-state index in [1.807, 2.05) is 0 Å². The second-order valence-corrected chi connectivity index (χ2v) is 8.58. The van der Waals surface area contributed by atoms with Crippen LogP contribution in [0.25, 0.3) is 0 Å². The van der Waals surface area contributed by atoms with Crippen molar-refractivity contribution in [2.45, 2.75) is 84.1 Å². The summed E-state index contributed by atoms with van der Waals surface area (Å²) in [5.74, 6) is 0.611. The quantitative estimate of drug-likeness (QED) is 0.837. The highest BCUT2D eigenvalue weighted by Gasteiger charge is 2.50. The van der Waals surface area contributed by atoms with Crippen molar-refractivity contribution in [3.05, 3.63) is 0 Å². The molecular weight excluding hydrogens is 284 g/mol. The van der Waals surface area contributed by atoms with Gasteiger partial charge in [-0.2, -0.15) is 0 Å². The van der Waals surface area contributed by atoms with E-state index in [4.69, 9.17) is 0 Å². The summed E-state index contributed by atoms with van der Waals surface area (Å²) >= 11 is 0. The van der Waals surface area contributed by atoms with E-state index in [2.05, 4.69) is 24.1 Å². The van der Waals surface area contributed by atoms with Crippen LogP contribution >= 0.6 is 0 Å². The Balaban J connectivity index is 1.63. The first kappa shape index (κ1) is 17.4. The zero-order valence-electron chi connectivity index (χ0n) is 15.3. The molecule has 2 aliphatic heterocycles. The molecule has 1 unspecified atom stereocenters. The molecule has 0 aromatic heterocycles. The fraction of sp³-hybridized carbons (Fsp3) is 0.950. The highest BCUT2D eigenvalue weighted by molar-refractivity contribution is 5.86. The monoisotopic (exact) mass is 320 g/mol. The first-order valence-electron chi connectivity index (χ1n) is 10.1. The van der Waals surface area contributed by atoms with E-state index < -0.39 is 0 Å². The van der Waals surface area contributed by atoms with Crippen molar-refractivity contribution in [2.24, 2.45) is 10.8 Å². The SMILES string of the molecule is CCCC1(CCC)CCC2(CCN(C3CCNCC3)C2)CC1=O. The van der Waals surface area contributed by atoms with Crippen molar-refractivity contribution in [1.82, 2.24) is 10.2 Å². The molecule has 0 radical (unpaired) electrons. The lowest BCUT2D eigenvalue weighted by molar-refractivity contribution is -0.137. The molecule has 0 bridgehead atoms. The second-order valence-electron chi connectivity index (χ2n) is 8.58. The van der Waals surface area contributed by atoms with Gasteiger partial charge >= 0.3 is 0 Å². The highest BCUT2D eigenvalue weighted by Crippen LogP contribution is 2.52. The first-order valence-corrected chi connectivity index (χ1v) is 10.1. The normalized spacial score (nSPS) is 32.7. The number of Topliss-reactive ketones (excluding diaryl/α,β-unsaturated/α-hetero) is 1. The van der Waals surface area contributed by atoms with Crippen molar-refractivity contribution in [3.8, 4) is 0 Å². The Hall–Kier alpha value is -0.410. The molecule has 2 saturated heterocycles. The zero-order chi connectivity index (χ0) is 16.3. The van der Waals surface area contributed by atoms with Gasteiger partial charge in [-0.15, -0.1) is 0 Å². The van der Waals surface area contributed by atoms with Gasteiger partial charge in [-0.05, 0) is 70.0 Å². The van der Waals surface area contributed by atoms with Gasteiger partial charge in [0, 0.05) is 24.4 Å². The summed E-state index contributed by atoms with van der Waals surface area (Å²) in [4.78, 5) is 15.8. The summed E-state index contributed by atoms with van der Waals surface area (Å²) in [6.45, 7) is 9.24. The number of nitrogens with one attached hydrogen (secondary N) is 1.